The minimum absolute atomic E-state index is 0. The van der Waals surface area contributed by atoms with Gasteiger partial charge in [-0.1, -0.05) is 48.5 Å². The van der Waals surface area contributed by atoms with Crippen LogP contribution in [0, 0.1) is 20.2 Å². The minimum Gasteiger partial charge on any atom is -0.481 e. The molecule has 13 rings (SSSR count). The van der Waals surface area contributed by atoms with Crippen LogP contribution in [-0.4, -0.2) is 190 Å². The molecule has 9 N–H and O–H groups in total. The van der Waals surface area contributed by atoms with E-state index in [1.165, 1.54) is 55.4 Å². The van der Waals surface area contributed by atoms with Crippen LogP contribution in [0.4, 0.5) is 17.1 Å². The van der Waals surface area contributed by atoms with Gasteiger partial charge in [0.2, 0.25) is 0 Å². The topological polar surface area (TPSA) is 576 Å². The number of nitrogens with zero attached hydrogens (tertiary/aromatic N) is 12. The number of anilines is 1. The Labute approximate surface area is 630 Å². The molecule has 4 aliphatic rings. The summed E-state index contributed by atoms with van der Waals surface area (Å²) < 4.78 is 15.2. The number of nitrogen functional groups attached to an aromatic ring is 1. The number of non-ortho nitro benzene ring substituents is 2. The number of imide groups is 4. The fourth-order valence-electron chi connectivity index (χ4n) is 11.4. The standard InChI is InChI=1S/C17H13N5O4.C16H12N2O6.C16H14N2O4.C12H6N2O4.C4H9NO2.C4H10O3.N3.Na/c23-14(24)5-2-6-21-16(25)12-4-1-3-10-7-11(22-9-18-19-20-22)8-13(15(10)12)17(21)26;19-13(20)5-2-6-17-15(21)11-4-1-3-9-7-10(18(23)24)8-12(14(9)11)16(17)22;17-10-7-9-3-1-4-11-14(9)12(8-10)16(22)18(15(11)21)6-2-5-13(19)20;15-11-8-3-1-2-6-4-7(14(17)18)5-9(10(6)8)12(16)13-11;5-3-1-2-4(6)7;1-5-4(6-2)7-3;1-3-2;/h1,3-4,7-9H,2,5-6H2,(H,23,24);1,3-4,7-8H,2,5-6H2,(H,19,20);1,3-4,7-8H,2,5-6,17H2,(H,19,20);1-5H,(H,13,15,16);1-3,5H2,(H,6,7);4H,1-3H3;;/q;;;;;;-1;+1. The van der Waals surface area contributed by atoms with E-state index in [0.29, 0.717) is 84.5 Å². The molecule has 0 radical (unpaired) electrons. The largest absolute Gasteiger partial charge is 1.00 e. The number of hydrogen-bond acceptors (Lipinski definition) is 24. The smallest absolute Gasteiger partial charge is 0.481 e. The molecule has 8 amide bonds. The van der Waals surface area contributed by atoms with Gasteiger partial charge in [-0.15, -0.1) is 5.10 Å². The molecule has 0 saturated heterocycles. The minimum atomic E-state index is -1.02. The number of aromatic nitrogens is 4. The third-order valence-corrected chi connectivity index (χ3v) is 16.0. The number of nitrogens with two attached hydrogens (primary N) is 2. The molecule has 554 valence electrons. The number of tetrazole rings is 1. The Morgan fingerprint density at radius 2 is 0.833 bits per heavy atom. The molecular weight excluding hydrogens is 1430 g/mol. The van der Waals surface area contributed by atoms with Crippen molar-refractivity contribution in [2.75, 3.05) is 53.2 Å². The van der Waals surface area contributed by atoms with Gasteiger partial charge in [-0.05, 0) is 113 Å². The van der Waals surface area contributed by atoms with E-state index in [2.05, 4.69) is 35.1 Å². The number of benzene rings is 8. The first kappa shape index (κ1) is 84.0. The summed E-state index contributed by atoms with van der Waals surface area (Å²) >= 11 is 0. The van der Waals surface area contributed by atoms with Crippen LogP contribution in [0.1, 0.15) is 134 Å². The van der Waals surface area contributed by atoms with E-state index in [-0.39, 0.29) is 122 Å². The average Bonchev–Trinajstić information content (AvgIpc) is 0.783. The molecule has 8 aromatic carbocycles. The van der Waals surface area contributed by atoms with Gasteiger partial charge in [-0.3, -0.25) is 103 Å². The van der Waals surface area contributed by atoms with Crippen molar-refractivity contribution in [2.24, 2.45) is 5.73 Å². The SMILES string of the molecule is COC(OC)OC.NCCCC(=O)O.Nc1cc2c3c(cccc3c1)C(=O)N(CCCC(=O)O)C2=O.O=C(O)CCCN1C(=O)c2cccc3cc(-n4cnnn4)cc(c23)C1=O.O=C(O)CCCN1C(=O)c2cccc3cc([N+](=O)[O-])cc(c23)C1=O.O=C1NC(=O)c2cc([N+](=O)[O-])cc3cccc1c23.[N-]=[N+]=[N-].[Na+]. The summed E-state index contributed by atoms with van der Waals surface area (Å²) in [5, 5.41) is 73.7. The van der Waals surface area contributed by atoms with Crippen molar-refractivity contribution in [1.29, 1.82) is 0 Å². The number of carbonyl (C=O) groups is 12. The quantitative estimate of drug-likeness (QED) is 0.00579. The molecule has 108 heavy (non-hydrogen) atoms. The van der Waals surface area contributed by atoms with Crippen LogP contribution in [0.5, 0.6) is 0 Å². The number of amides is 8. The fraction of sp³-hybridized carbons (Fsp3) is 0.232. The number of carbonyl (C=O) groups excluding carboxylic acids is 8. The first-order valence-electron chi connectivity index (χ1n) is 31.7. The predicted octanol–water partition coefficient (Wildman–Crippen LogP) is 4.89. The Morgan fingerprint density at radius 1 is 0.500 bits per heavy atom. The number of ether oxygens (including phenoxy) is 3. The number of nitro groups is 2. The first-order valence-corrected chi connectivity index (χ1v) is 31.7. The Morgan fingerprint density at radius 3 is 1.19 bits per heavy atom. The van der Waals surface area contributed by atoms with Gasteiger partial charge in [-0.2, -0.15) is 0 Å². The summed E-state index contributed by atoms with van der Waals surface area (Å²) in [5.74, 6) is -7.63. The van der Waals surface area contributed by atoms with Crippen LogP contribution in [0.15, 0.2) is 128 Å². The van der Waals surface area contributed by atoms with Crippen molar-refractivity contribution < 1.29 is 132 Å². The maximum Gasteiger partial charge on any atom is 1.00 e. The number of methoxy groups -OCH3 is 3. The van der Waals surface area contributed by atoms with Gasteiger partial charge in [0.05, 0.1) is 37.8 Å². The van der Waals surface area contributed by atoms with Crippen molar-refractivity contribution in [3.05, 3.63) is 208 Å². The molecule has 4 aliphatic heterocycles. The van der Waals surface area contributed by atoms with Gasteiger partial charge < -0.3 is 57.2 Å². The van der Waals surface area contributed by atoms with Crippen LogP contribution >= 0.6 is 0 Å². The van der Waals surface area contributed by atoms with Gasteiger partial charge in [0.25, 0.3) is 65.1 Å². The molecule has 0 unspecified atom stereocenters. The molecular formula is C69H64N15NaO23. The molecule has 0 atom stereocenters. The maximum absolute atomic E-state index is 12.9. The van der Waals surface area contributed by atoms with Crippen LogP contribution in [0.3, 0.4) is 0 Å². The van der Waals surface area contributed by atoms with Gasteiger partial charge in [-0.25, -0.2) is 4.68 Å². The molecule has 0 saturated carbocycles. The molecule has 0 fully saturated rings. The summed E-state index contributed by atoms with van der Waals surface area (Å²) in [6.07, 6.45) is 2.35. The number of aliphatic carboxylic acids is 4. The van der Waals surface area contributed by atoms with Gasteiger partial charge in [0.1, 0.15) is 6.33 Å². The molecule has 0 bridgehead atoms. The second-order valence-electron chi connectivity index (χ2n) is 22.9. The third kappa shape index (κ3) is 20.1. The van der Waals surface area contributed by atoms with E-state index < -0.39 is 87.5 Å². The van der Waals surface area contributed by atoms with E-state index in [1.54, 1.807) is 91.0 Å². The van der Waals surface area contributed by atoms with Gasteiger partial charge >= 0.3 is 53.4 Å². The monoisotopic (exact) mass is 1490 g/mol. The Bertz CT molecular complexity index is 5080. The third-order valence-electron chi connectivity index (χ3n) is 16.0. The van der Waals surface area contributed by atoms with Crippen molar-refractivity contribution >= 4 is 131 Å². The van der Waals surface area contributed by atoms with Crippen molar-refractivity contribution in [1.82, 2.24) is 40.2 Å². The molecule has 38 nitrogen and oxygen atoms in total. The van der Waals surface area contributed by atoms with Gasteiger partial charge in [0, 0.05) is 140 Å². The second kappa shape index (κ2) is 38.7. The molecule has 9 aromatic rings. The second-order valence-corrected chi connectivity index (χ2v) is 22.9. The van der Waals surface area contributed by atoms with Gasteiger partial charge in [0.15, 0.2) is 0 Å². The van der Waals surface area contributed by atoms with Crippen LogP contribution in [0.2, 0.25) is 0 Å². The Kier molecular flexibility index (Phi) is 30.1. The fourth-order valence-corrected chi connectivity index (χ4v) is 11.4. The summed E-state index contributed by atoms with van der Waals surface area (Å²) in [5.41, 5.74) is 27.5. The van der Waals surface area contributed by atoms with E-state index >= 15 is 0 Å². The maximum atomic E-state index is 12.9. The molecule has 0 aliphatic carbocycles. The van der Waals surface area contributed by atoms with Crippen molar-refractivity contribution in [2.45, 2.75) is 57.8 Å². The zero-order chi connectivity index (χ0) is 78.5. The normalized spacial score (nSPS) is 12.6. The van der Waals surface area contributed by atoms with Crippen molar-refractivity contribution in [3.8, 4) is 5.69 Å². The zero-order valence-electron chi connectivity index (χ0n) is 57.8. The number of nitrogens with one attached hydrogen (secondary N) is 1. The average molecular weight is 1490 g/mol. The first-order chi connectivity index (χ1) is 51.0. The van der Waals surface area contributed by atoms with Crippen LogP contribution in [0.25, 0.3) is 64.8 Å². The predicted molar refractivity (Wildman–Crippen MR) is 376 cm³/mol. The summed E-state index contributed by atoms with van der Waals surface area (Å²) in [6, 6.07) is 31.8. The molecule has 5 heterocycles. The number of rotatable bonds is 21. The Balaban J connectivity index is 0.000000210. The zero-order valence-corrected chi connectivity index (χ0v) is 59.8. The molecule has 1 aromatic heterocycles. The van der Waals surface area contributed by atoms with Crippen LogP contribution < -0.4 is 46.3 Å². The van der Waals surface area contributed by atoms with E-state index in [9.17, 15) is 77.8 Å². The number of nitro benzene ring substituents is 2. The summed E-state index contributed by atoms with van der Waals surface area (Å²) in [7, 11) is 4.53. The summed E-state index contributed by atoms with van der Waals surface area (Å²) in [6.45, 7) is 0.0261. The van der Waals surface area contributed by atoms with Crippen LogP contribution in [-0.2, 0) is 33.4 Å². The van der Waals surface area contributed by atoms with E-state index in [0.717, 1.165) is 31.5 Å². The molecule has 39 heteroatoms. The van der Waals surface area contributed by atoms with E-state index in [1.807, 2.05) is 6.07 Å². The summed E-state index contributed by atoms with van der Waals surface area (Å²) in [4.78, 5) is 166. The van der Waals surface area contributed by atoms with E-state index in [4.69, 9.17) is 43.0 Å². The molecule has 0 spiro atoms. The number of hydrogen-bond donors (Lipinski definition) is 7. The Hall–Kier alpha value is -12.9. The number of carboxylic acids is 4. The van der Waals surface area contributed by atoms with Crippen molar-refractivity contribution in [3.63, 3.8) is 0 Å². The number of carboxylic acid groups (broad SMARTS) is 4.